The van der Waals surface area contributed by atoms with Gasteiger partial charge in [-0.2, -0.15) is 5.26 Å². The van der Waals surface area contributed by atoms with Crippen LogP contribution in [0.15, 0.2) is 138 Å². The molecule has 5 heterocycles. The van der Waals surface area contributed by atoms with E-state index >= 15 is 4.57 Å². The summed E-state index contributed by atoms with van der Waals surface area (Å²) in [7, 11) is -1.81. The molecule has 2 N–H and O–H groups in total. The van der Waals surface area contributed by atoms with Crippen molar-refractivity contribution in [1.82, 2.24) is 33.7 Å². The Hall–Kier alpha value is -7.03. The summed E-state index contributed by atoms with van der Waals surface area (Å²) in [6, 6.07) is 35.5. The standard InChI is InChI=1S/C58H67N9O14P2/c1-37(2)67(38(3)4)82(77-29-15-28-59)80-47-31-49(65-32-39(5)54(68)64-57(65)70)79-56(47)75-36-83(71,74-8)81-46-30-50(66-35-62-51-52(60-34-61-53(51)66)63-55(69)40-16-11-9-12-17-40)78-48(46)33-76-58(41-18-13-10-14-19-41,42-20-24-44(72-6)25-21-42)43-22-26-45(73-7)27-23-43/h9-14,16-27,32,34-35,37-38,46-50,56H,15,29-31,33,36H2,1-8H3,(H,64,68,70)(H,60,61,63,69)/t46-,47-,48-,49-,50-,56+,82?,83?/m1/s1. The Labute approximate surface area is 481 Å². The lowest BCUT2D eigenvalue weighted by molar-refractivity contribution is -0.166. The summed E-state index contributed by atoms with van der Waals surface area (Å²) in [6.07, 6.45) is -2.51. The lowest BCUT2D eigenvalue weighted by Crippen LogP contribution is -2.38. The van der Waals surface area contributed by atoms with E-state index < -0.39 is 82.3 Å². The Morgan fingerprint density at radius 1 is 0.843 bits per heavy atom. The van der Waals surface area contributed by atoms with Crippen LogP contribution in [0, 0.1) is 18.3 Å². The largest absolute Gasteiger partial charge is 0.497 e. The van der Waals surface area contributed by atoms with Crippen molar-refractivity contribution >= 4 is 39.0 Å². The zero-order valence-electron chi connectivity index (χ0n) is 47.2. The van der Waals surface area contributed by atoms with Crippen LogP contribution < -0.4 is 26.0 Å². The van der Waals surface area contributed by atoms with Gasteiger partial charge in [0.1, 0.15) is 54.2 Å². The minimum atomic E-state index is -4.36. The van der Waals surface area contributed by atoms with Crippen molar-refractivity contribution in [2.45, 2.75) is 109 Å². The molecule has 7 aromatic rings. The van der Waals surface area contributed by atoms with Crippen LogP contribution in [0.2, 0.25) is 0 Å². The fourth-order valence-electron chi connectivity index (χ4n) is 10.1. The van der Waals surface area contributed by atoms with Crippen molar-refractivity contribution in [2.75, 3.05) is 46.2 Å². The van der Waals surface area contributed by atoms with Crippen molar-refractivity contribution in [2.24, 2.45) is 0 Å². The molecule has 4 aromatic carbocycles. The van der Waals surface area contributed by atoms with Crippen molar-refractivity contribution in [3.05, 3.63) is 177 Å². The lowest BCUT2D eigenvalue weighted by atomic mass is 9.80. The lowest BCUT2D eigenvalue weighted by Gasteiger charge is -2.37. The number of rotatable bonds is 26. The molecule has 0 bridgehead atoms. The molecular formula is C58H67N9O14P2. The minimum Gasteiger partial charge on any atom is -0.497 e. The molecule has 0 spiro atoms. The number of carbonyl (C=O) groups excluding carboxylic acids is 1. The Kier molecular flexibility index (Phi) is 19.8. The van der Waals surface area contributed by atoms with E-state index in [9.17, 15) is 19.6 Å². The Balaban J connectivity index is 1.06. The van der Waals surface area contributed by atoms with Gasteiger partial charge in [0.05, 0.1) is 46.3 Å². The molecule has 2 unspecified atom stereocenters. The van der Waals surface area contributed by atoms with Crippen LogP contribution in [0.3, 0.4) is 0 Å². The topological polar surface area (TPSA) is 264 Å². The van der Waals surface area contributed by atoms with Gasteiger partial charge in [0.15, 0.2) is 29.6 Å². The van der Waals surface area contributed by atoms with E-state index in [0.29, 0.717) is 22.7 Å². The summed E-state index contributed by atoms with van der Waals surface area (Å²) < 4.78 is 84.1. The number of methoxy groups -OCH3 is 2. The number of aromatic nitrogens is 6. The van der Waals surface area contributed by atoms with Gasteiger partial charge in [0, 0.05) is 49.4 Å². The van der Waals surface area contributed by atoms with E-state index in [-0.39, 0.29) is 61.5 Å². The van der Waals surface area contributed by atoms with Crippen molar-refractivity contribution in [3.63, 3.8) is 0 Å². The summed E-state index contributed by atoms with van der Waals surface area (Å²) in [5.41, 5.74) is 0.961. The number of anilines is 1. The molecule has 25 heteroatoms. The number of aromatic amines is 1. The van der Waals surface area contributed by atoms with E-state index in [4.69, 9.17) is 46.5 Å². The number of amides is 1. The highest BCUT2D eigenvalue weighted by Gasteiger charge is 2.48. The number of imidazole rings is 1. The summed E-state index contributed by atoms with van der Waals surface area (Å²) >= 11 is 0. The maximum atomic E-state index is 15.4. The predicted molar refractivity (Wildman–Crippen MR) is 307 cm³/mol. The van der Waals surface area contributed by atoms with Crippen molar-refractivity contribution < 1.29 is 55.9 Å². The average Bonchev–Trinajstić information content (AvgIpc) is 2.47. The minimum absolute atomic E-state index is 0.0296. The average molecular weight is 1180 g/mol. The van der Waals surface area contributed by atoms with Crippen molar-refractivity contribution in [3.8, 4) is 17.6 Å². The zero-order valence-corrected chi connectivity index (χ0v) is 49.0. The van der Waals surface area contributed by atoms with Gasteiger partial charge in [-0.3, -0.25) is 28.3 Å². The Morgan fingerprint density at radius 2 is 1.46 bits per heavy atom. The van der Waals surface area contributed by atoms with E-state index in [1.807, 2.05) is 117 Å². The van der Waals surface area contributed by atoms with Gasteiger partial charge in [-0.25, -0.2) is 24.4 Å². The molecular weight excluding hydrogens is 1110 g/mol. The van der Waals surface area contributed by atoms with Crippen LogP contribution >= 0.6 is 16.1 Å². The van der Waals surface area contributed by atoms with E-state index in [1.165, 1.54) is 30.5 Å². The third kappa shape index (κ3) is 13.7. The maximum absolute atomic E-state index is 15.4. The second-order valence-electron chi connectivity index (χ2n) is 20.1. The molecule has 2 aliphatic rings. The van der Waals surface area contributed by atoms with Crippen LogP contribution in [0.5, 0.6) is 11.5 Å². The van der Waals surface area contributed by atoms with Gasteiger partial charge in [0.2, 0.25) is 0 Å². The number of benzene rings is 4. The van der Waals surface area contributed by atoms with Gasteiger partial charge in [-0.05, 0) is 87.7 Å². The third-order valence-corrected chi connectivity index (χ3v) is 17.9. The summed E-state index contributed by atoms with van der Waals surface area (Å²) in [5.74, 6) is 1.03. The molecule has 3 aromatic heterocycles. The number of aryl methyl sites for hydroxylation is 1. The second-order valence-corrected chi connectivity index (χ2v) is 23.6. The molecule has 438 valence electrons. The highest BCUT2D eigenvalue weighted by atomic mass is 31.2. The number of nitriles is 1. The number of carbonyl (C=O) groups is 1. The Bertz CT molecular complexity index is 3460. The first-order valence-corrected chi connectivity index (χ1v) is 29.8. The van der Waals surface area contributed by atoms with Gasteiger partial charge in [0.25, 0.3) is 20.0 Å². The smallest absolute Gasteiger partial charge is 0.356 e. The first kappa shape index (κ1) is 60.6. The SMILES string of the molecule is COc1ccc(C(OC[C@H]2O[C@@H](n3cnc4c(NC(=O)c5ccccc5)ncnc43)C[C@H]2OP(=O)(CO[C@H]2O[C@@H](n3cc(C)c(=O)[nH]c3=O)C[C@H]2OP(OCCC#N)N(C(C)C)C(C)C)OC)(c2ccccc2)c2ccc(OC)cc2)cc1. The molecule has 8 atom stereocenters. The maximum Gasteiger partial charge on any atom is 0.356 e. The molecule has 1 amide bonds. The summed E-state index contributed by atoms with van der Waals surface area (Å²) in [5, 5.41) is 12.3. The van der Waals surface area contributed by atoms with E-state index in [1.54, 1.807) is 50.0 Å². The number of H-pyrrole nitrogens is 1. The first-order chi connectivity index (χ1) is 40.1. The molecule has 2 fully saturated rings. The summed E-state index contributed by atoms with van der Waals surface area (Å²) in [4.78, 5) is 55.0. The van der Waals surface area contributed by atoms with E-state index in [2.05, 4.69) is 31.3 Å². The fourth-order valence-corrected chi connectivity index (χ4v) is 13.0. The molecule has 0 saturated carbocycles. The highest BCUT2D eigenvalue weighted by Crippen LogP contribution is 2.55. The van der Waals surface area contributed by atoms with E-state index in [0.717, 1.165) is 16.7 Å². The number of nitrogens with one attached hydrogen (secondary N) is 2. The van der Waals surface area contributed by atoms with Crippen LogP contribution in [-0.2, 0) is 47.2 Å². The number of hydrogen-bond acceptors (Lipinski definition) is 19. The third-order valence-electron chi connectivity index (χ3n) is 14.1. The normalized spacial score (nSPS) is 20.2. The van der Waals surface area contributed by atoms with Gasteiger partial charge < -0.3 is 51.8 Å². The fraction of sp³-hybridized carbons (Fsp3) is 0.397. The van der Waals surface area contributed by atoms with Crippen LogP contribution in [0.1, 0.15) is 92.0 Å². The zero-order chi connectivity index (χ0) is 58.8. The number of ether oxygens (including phenoxy) is 6. The molecule has 9 rings (SSSR count). The van der Waals surface area contributed by atoms with Crippen LogP contribution in [-0.4, -0.2) is 117 Å². The van der Waals surface area contributed by atoms with Crippen LogP contribution in [0.4, 0.5) is 5.82 Å². The van der Waals surface area contributed by atoms with Crippen LogP contribution in [0.25, 0.3) is 11.2 Å². The Morgan fingerprint density at radius 3 is 2.07 bits per heavy atom. The van der Waals surface area contributed by atoms with Gasteiger partial charge in [-0.15, -0.1) is 0 Å². The molecule has 23 nitrogen and oxygen atoms in total. The number of hydrogen-bond donors (Lipinski definition) is 2. The van der Waals surface area contributed by atoms with Crippen molar-refractivity contribution in [1.29, 1.82) is 5.26 Å². The summed E-state index contributed by atoms with van der Waals surface area (Å²) in [6.45, 7) is 9.42. The second kappa shape index (κ2) is 27.1. The number of nitrogens with zero attached hydrogens (tertiary/aromatic N) is 7. The molecule has 2 saturated heterocycles. The molecule has 2 aliphatic heterocycles. The quantitative estimate of drug-likeness (QED) is 0.0290. The van der Waals surface area contributed by atoms with Gasteiger partial charge >= 0.3 is 13.3 Å². The molecule has 0 radical (unpaired) electrons. The predicted octanol–water partition coefficient (Wildman–Crippen LogP) is 9.36. The highest BCUT2D eigenvalue weighted by molar-refractivity contribution is 7.53. The number of fused-ring (bicyclic) bond motifs is 1. The molecule has 83 heavy (non-hydrogen) atoms. The van der Waals surface area contributed by atoms with Gasteiger partial charge in [-0.1, -0.05) is 72.8 Å². The monoisotopic (exact) mass is 1180 g/mol. The molecule has 0 aliphatic carbocycles. The first-order valence-electron chi connectivity index (χ1n) is 26.9.